The zero-order chi connectivity index (χ0) is 11.3. The van der Waals surface area contributed by atoms with Crippen LogP contribution in [0.2, 0.25) is 5.02 Å². The van der Waals surface area contributed by atoms with Gasteiger partial charge in [0.05, 0.1) is 0 Å². The summed E-state index contributed by atoms with van der Waals surface area (Å²) in [5.41, 5.74) is 6.71. The first-order chi connectivity index (χ1) is 7.60. The number of benzene rings is 2. The molecule has 0 saturated heterocycles. The van der Waals surface area contributed by atoms with Crippen LogP contribution in [0.4, 0.5) is 0 Å². The van der Waals surface area contributed by atoms with Crippen molar-refractivity contribution < 1.29 is 5.11 Å². The van der Waals surface area contributed by atoms with Gasteiger partial charge in [0.2, 0.25) is 0 Å². The highest BCUT2D eigenvalue weighted by Gasteiger charge is 2.43. The Bertz CT molecular complexity index is 575. The highest BCUT2D eigenvalue weighted by atomic mass is 35.5. The van der Waals surface area contributed by atoms with E-state index in [1.807, 2.05) is 24.3 Å². The number of fused-ring (bicyclic) bond motifs is 1. The van der Waals surface area contributed by atoms with Crippen LogP contribution in [0.5, 0.6) is 5.75 Å². The summed E-state index contributed by atoms with van der Waals surface area (Å²) in [5, 5.41) is 12.7. The van der Waals surface area contributed by atoms with Crippen molar-refractivity contribution in [2.75, 3.05) is 0 Å². The van der Waals surface area contributed by atoms with Crippen LogP contribution in [0, 0.1) is 0 Å². The van der Waals surface area contributed by atoms with Crippen molar-refractivity contribution >= 4 is 22.4 Å². The predicted molar refractivity (Wildman–Crippen MR) is 65.7 cm³/mol. The normalized spacial score (nSPS) is 17.6. The first-order valence-electron chi connectivity index (χ1n) is 5.31. The van der Waals surface area contributed by atoms with E-state index in [2.05, 4.69) is 0 Å². The van der Waals surface area contributed by atoms with Gasteiger partial charge in [-0.1, -0.05) is 23.7 Å². The largest absolute Gasteiger partial charge is 0.508 e. The number of rotatable bonds is 1. The molecule has 0 bridgehead atoms. The van der Waals surface area contributed by atoms with E-state index in [1.54, 1.807) is 6.07 Å². The maximum Gasteiger partial charge on any atom is 0.121 e. The van der Waals surface area contributed by atoms with E-state index < -0.39 is 0 Å². The summed E-state index contributed by atoms with van der Waals surface area (Å²) in [4.78, 5) is 0. The lowest BCUT2D eigenvalue weighted by Gasteiger charge is -2.15. The average molecular weight is 234 g/mol. The van der Waals surface area contributed by atoms with E-state index in [0.717, 1.165) is 29.2 Å². The van der Waals surface area contributed by atoms with Gasteiger partial charge in [0.25, 0.3) is 0 Å². The molecule has 1 fully saturated rings. The average Bonchev–Trinajstić information content (AvgIpc) is 2.97. The summed E-state index contributed by atoms with van der Waals surface area (Å²) in [6.45, 7) is 0. The zero-order valence-corrected chi connectivity index (χ0v) is 9.46. The monoisotopic (exact) mass is 233 g/mol. The van der Waals surface area contributed by atoms with Crippen LogP contribution in [0.3, 0.4) is 0 Å². The molecule has 2 aromatic carbocycles. The van der Waals surface area contributed by atoms with Gasteiger partial charge in [-0.05, 0) is 41.8 Å². The second kappa shape index (κ2) is 3.12. The minimum atomic E-state index is -0.336. The Morgan fingerprint density at radius 1 is 1.19 bits per heavy atom. The lowest BCUT2D eigenvalue weighted by Crippen LogP contribution is -2.19. The Morgan fingerprint density at radius 2 is 1.94 bits per heavy atom. The summed E-state index contributed by atoms with van der Waals surface area (Å²) in [5.74, 6) is 0.287. The molecule has 1 aliphatic carbocycles. The summed E-state index contributed by atoms with van der Waals surface area (Å²) < 4.78 is 0. The quantitative estimate of drug-likeness (QED) is 0.795. The van der Waals surface area contributed by atoms with Gasteiger partial charge in [0.1, 0.15) is 5.75 Å². The molecule has 3 N–H and O–H groups in total. The van der Waals surface area contributed by atoms with Gasteiger partial charge in [-0.2, -0.15) is 0 Å². The molecule has 16 heavy (non-hydrogen) atoms. The molecule has 3 rings (SSSR count). The van der Waals surface area contributed by atoms with E-state index in [0.29, 0.717) is 5.02 Å². The Labute approximate surface area is 98.6 Å². The molecule has 2 aromatic rings. The van der Waals surface area contributed by atoms with Gasteiger partial charge in [-0.3, -0.25) is 0 Å². The Hall–Kier alpha value is -1.25. The topological polar surface area (TPSA) is 46.2 Å². The van der Waals surface area contributed by atoms with Crippen LogP contribution in [0.1, 0.15) is 18.4 Å². The molecule has 0 radical (unpaired) electrons. The van der Waals surface area contributed by atoms with E-state index in [9.17, 15) is 5.11 Å². The third kappa shape index (κ3) is 1.38. The number of hydrogen-bond donors (Lipinski definition) is 2. The van der Waals surface area contributed by atoms with Crippen molar-refractivity contribution in [3.05, 3.63) is 40.9 Å². The van der Waals surface area contributed by atoms with Crippen molar-refractivity contribution in [2.45, 2.75) is 18.4 Å². The lowest BCUT2D eigenvalue weighted by molar-refractivity contribution is 0.461. The smallest absolute Gasteiger partial charge is 0.121 e. The predicted octanol–water partition coefficient (Wildman–Crippen LogP) is 3.15. The van der Waals surface area contributed by atoms with Crippen LogP contribution in [-0.2, 0) is 5.54 Å². The summed E-state index contributed by atoms with van der Waals surface area (Å²) in [6.07, 6.45) is 1.87. The molecule has 1 saturated carbocycles. The van der Waals surface area contributed by atoms with Crippen molar-refractivity contribution in [3.63, 3.8) is 0 Å². The molecule has 0 amide bonds. The third-order valence-electron chi connectivity index (χ3n) is 3.25. The van der Waals surface area contributed by atoms with Gasteiger partial charge >= 0.3 is 0 Å². The SMILES string of the molecule is NC1(c2c(O)ccc3cc(Cl)ccc23)CC1. The number of phenols is 1. The number of nitrogens with two attached hydrogens (primary N) is 1. The van der Waals surface area contributed by atoms with Gasteiger partial charge < -0.3 is 10.8 Å². The second-order valence-electron chi connectivity index (χ2n) is 4.48. The minimum absolute atomic E-state index is 0.287. The maximum absolute atomic E-state index is 9.94. The van der Waals surface area contributed by atoms with Gasteiger partial charge in [-0.25, -0.2) is 0 Å². The Morgan fingerprint density at radius 3 is 2.62 bits per heavy atom. The molecule has 2 nitrogen and oxygen atoms in total. The number of aromatic hydroxyl groups is 1. The van der Waals surface area contributed by atoms with E-state index in [1.165, 1.54) is 0 Å². The van der Waals surface area contributed by atoms with E-state index in [4.69, 9.17) is 17.3 Å². The van der Waals surface area contributed by atoms with Gasteiger partial charge in [0, 0.05) is 16.1 Å². The Balaban J connectivity index is 2.36. The Kier molecular flexibility index (Phi) is 1.94. The molecule has 1 aliphatic rings. The summed E-state index contributed by atoms with van der Waals surface area (Å²) in [7, 11) is 0. The van der Waals surface area contributed by atoms with Crippen molar-refractivity contribution in [2.24, 2.45) is 5.73 Å². The maximum atomic E-state index is 9.94. The highest BCUT2D eigenvalue weighted by molar-refractivity contribution is 6.31. The molecule has 0 unspecified atom stereocenters. The van der Waals surface area contributed by atoms with Crippen LogP contribution >= 0.6 is 11.6 Å². The number of hydrogen-bond acceptors (Lipinski definition) is 2. The van der Waals surface area contributed by atoms with E-state index in [-0.39, 0.29) is 11.3 Å². The molecule has 0 spiro atoms. The first kappa shape index (κ1) is 9.94. The molecule has 82 valence electrons. The van der Waals surface area contributed by atoms with Crippen molar-refractivity contribution in [3.8, 4) is 5.75 Å². The summed E-state index contributed by atoms with van der Waals surface area (Å²) >= 11 is 5.95. The minimum Gasteiger partial charge on any atom is -0.508 e. The zero-order valence-electron chi connectivity index (χ0n) is 8.70. The van der Waals surface area contributed by atoms with Crippen LogP contribution in [-0.4, -0.2) is 5.11 Å². The fourth-order valence-electron chi connectivity index (χ4n) is 2.20. The molecular formula is C13H12ClNO. The van der Waals surface area contributed by atoms with Crippen LogP contribution in [0.15, 0.2) is 30.3 Å². The molecular weight excluding hydrogens is 222 g/mol. The van der Waals surface area contributed by atoms with Crippen LogP contribution < -0.4 is 5.73 Å². The number of phenolic OH excluding ortho intramolecular Hbond substituents is 1. The van der Waals surface area contributed by atoms with Crippen LogP contribution in [0.25, 0.3) is 10.8 Å². The third-order valence-corrected chi connectivity index (χ3v) is 3.48. The molecule has 3 heteroatoms. The molecule has 0 heterocycles. The van der Waals surface area contributed by atoms with Gasteiger partial charge in [-0.15, -0.1) is 0 Å². The molecule has 0 aliphatic heterocycles. The number of halogens is 1. The second-order valence-corrected chi connectivity index (χ2v) is 4.92. The fourth-order valence-corrected chi connectivity index (χ4v) is 2.38. The fraction of sp³-hybridized carbons (Fsp3) is 0.231. The van der Waals surface area contributed by atoms with Gasteiger partial charge in [0.15, 0.2) is 0 Å². The molecule has 0 atom stereocenters. The highest BCUT2D eigenvalue weighted by Crippen LogP contribution is 2.49. The van der Waals surface area contributed by atoms with E-state index >= 15 is 0 Å². The summed E-state index contributed by atoms with van der Waals surface area (Å²) in [6, 6.07) is 9.22. The first-order valence-corrected chi connectivity index (χ1v) is 5.69. The molecule has 0 aromatic heterocycles. The lowest BCUT2D eigenvalue weighted by atomic mass is 9.96. The van der Waals surface area contributed by atoms with Crippen molar-refractivity contribution in [1.29, 1.82) is 0 Å². The standard InChI is InChI=1S/C13H12ClNO/c14-9-2-3-10-8(7-9)1-4-11(16)12(10)13(15)5-6-13/h1-4,7,16H,5-6,15H2. The van der Waals surface area contributed by atoms with Crippen molar-refractivity contribution in [1.82, 2.24) is 0 Å².